The molecule has 1 aliphatic heterocycles. The Morgan fingerprint density at radius 2 is 2.03 bits per heavy atom. The Morgan fingerprint density at radius 3 is 2.76 bits per heavy atom. The van der Waals surface area contributed by atoms with E-state index in [9.17, 15) is 13.2 Å². The number of nitrogens with zero attached hydrogens (tertiary/aromatic N) is 3. The minimum atomic E-state index is -3.81. The van der Waals surface area contributed by atoms with E-state index in [1.165, 1.54) is 6.07 Å². The van der Waals surface area contributed by atoms with Crippen molar-refractivity contribution in [2.45, 2.75) is 50.2 Å². The summed E-state index contributed by atoms with van der Waals surface area (Å²) in [7, 11) is -3.81. The van der Waals surface area contributed by atoms with E-state index in [0.717, 1.165) is 29.9 Å². The molecule has 1 aromatic carbocycles. The summed E-state index contributed by atoms with van der Waals surface area (Å²) in [6.45, 7) is 6.82. The van der Waals surface area contributed by atoms with E-state index in [4.69, 9.17) is 9.88 Å². The lowest BCUT2D eigenvalue weighted by atomic mass is 10.1. The largest absolute Gasteiger partial charge is 0.444 e. The predicted octanol–water partition coefficient (Wildman–Crippen LogP) is 3.46. The fourth-order valence-electron chi connectivity index (χ4n) is 3.93. The Morgan fingerprint density at radius 1 is 1.24 bits per heavy atom. The van der Waals surface area contributed by atoms with E-state index in [1.54, 1.807) is 23.2 Å². The molecule has 4 rings (SSSR count). The van der Waals surface area contributed by atoms with Crippen LogP contribution in [0.1, 0.15) is 33.6 Å². The quantitative estimate of drug-likeness (QED) is 0.601. The number of rotatable bonds is 4. The van der Waals surface area contributed by atoms with Crippen LogP contribution < -0.4 is 10.5 Å². The minimum absolute atomic E-state index is 0.0497. The van der Waals surface area contributed by atoms with E-state index in [-0.39, 0.29) is 17.0 Å². The number of aromatic nitrogens is 2. The topological polar surface area (TPSA) is 119 Å². The molecule has 0 spiro atoms. The molecule has 3 N–H and O–H groups in total. The van der Waals surface area contributed by atoms with Crippen molar-refractivity contribution in [2.24, 2.45) is 5.14 Å². The molecule has 1 atom stereocenters. The van der Waals surface area contributed by atoms with Crippen LogP contribution in [0.25, 0.3) is 16.9 Å². The molecule has 1 fully saturated rings. The zero-order chi connectivity index (χ0) is 23.8. The summed E-state index contributed by atoms with van der Waals surface area (Å²) in [6.07, 6.45) is 5.15. The second-order valence-electron chi connectivity index (χ2n) is 9.27. The molecule has 0 radical (unpaired) electrons. The second-order valence-corrected chi connectivity index (χ2v) is 10.8. The molecule has 33 heavy (non-hydrogen) atoms. The lowest BCUT2D eigenvalue weighted by Gasteiger charge is -2.34. The molecule has 176 valence electrons. The van der Waals surface area contributed by atoms with Gasteiger partial charge < -0.3 is 15.0 Å². The Hall–Kier alpha value is -3.11. The van der Waals surface area contributed by atoms with Gasteiger partial charge in [0.15, 0.2) is 0 Å². The number of imidazole rings is 1. The van der Waals surface area contributed by atoms with E-state index < -0.39 is 15.6 Å². The molecule has 3 aromatic rings. The van der Waals surface area contributed by atoms with Crippen LogP contribution in [0.4, 0.5) is 10.5 Å². The fraction of sp³-hybridized carbons (Fsp3) is 0.391. The number of amides is 1. The highest BCUT2D eigenvalue weighted by Gasteiger charge is 2.27. The highest BCUT2D eigenvalue weighted by atomic mass is 32.2. The van der Waals surface area contributed by atoms with Crippen molar-refractivity contribution >= 4 is 27.5 Å². The van der Waals surface area contributed by atoms with Crippen LogP contribution in [0, 0.1) is 0 Å². The van der Waals surface area contributed by atoms with Crippen molar-refractivity contribution in [2.75, 3.05) is 18.4 Å². The van der Waals surface area contributed by atoms with Crippen LogP contribution in [0.5, 0.6) is 0 Å². The van der Waals surface area contributed by atoms with Gasteiger partial charge in [0.25, 0.3) is 0 Å². The van der Waals surface area contributed by atoms with Crippen molar-refractivity contribution in [3.8, 4) is 11.3 Å². The Balaban J connectivity index is 1.55. The van der Waals surface area contributed by atoms with Crippen LogP contribution in [-0.2, 0) is 14.8 Å². The third kappa shape index (κ3) is 5.45. The zero-order valence-corrected chi connectivity index (χ0v) is 19.8. The molecule has 3 heterocycles. The molecule has 1 saturated heterocycles. The van der Waals surface area contributed by atoms with Gasteiger partial charge in [-0.15, -0.1) is 0 Å². The van der Waals surface area contributed by atoms with Gasteiger partial charge in [-0.3, -0.25) is 4.40 Å². The van der Waals surface area contributed by atoms with Crippen LogP contribution in [0.3, 0.4) is 0 Å². The van der Waals surface area contributed by atoms with Gasteiger partial charge in [0, 0.05) is 30.9 Å². The number of nitrogens with one attached hydrogen (secondary N) is 1. The molecule has 1 aliphatic rings. The van der Waals surface area contributed by atoms with Gasteiger partial charge >= 0.3 is 6.09 Å². The minimum Gasteiger partial charge on any atom is -0.444 e. The predicted molar refractivity (Wildman–Crippen MR) is 126 cm³/mol. The first-order valence-electron chi connectivity index (χ1n) is 10.8. The zero-order valence-electron chi connectivity index (χ0n) is 19.0. The molecule has 0 aliphatic carbocycles. The van der Waals surface area contributed by atoms with Gasteiger partial charge in [0.2, 0.25) is 10.0 Å². The van der Waals surface area contributed by atoms with Gasteiger partial charge in [-0.2, -0.15) is 0 Å². The van der Waals surface area contributed by atoms with E-state index in [2.05, 4.69) is 10.3 Å². The number of primary sulfonamides is 1. The summed E-state index contributed by atoms with van der Waals surface area (Å²) in [4.78, 5) is 18.7. The summed E-state index contributed by atoms with van der Waals surface area (Å²) in [6, 6.07) is 10.4. The Bertz CT molecular complexity index is 1280. The van der Waals surface area contributed by atoms with Crippen LogP contribution in [-0.4, -0.2) is 53.5 Å². The first kappa shape index (κ1) is 23.1. The third-order valence-corrected chi connectivity index (χ3v) is 6.32. The molecule has 2 aromatic heterocycles. The van der Waals surface area contributed by atoms with Crippen molar-refractivity contribution in [3.63, 3.8) is 0 Å². The number of anilines is 1. The normalized spacial score (nSPS) is 17.2. The number of carbonyl (C=O) groups is 1. The van der Waals surface area contributed by atoms with Crippen LogP contribution >= 0.6 is 0 Å². The summed E-state index contributed by atoms with van der Waals surface area (Å²) < 4.78 is 30.9. The maximum atomic E-state index is 12.5. The highest BCUT2D eigenvalue weighted by molar-refractivity contribution is 7.89. The van der Waals surface area contributed by atoms with Gasteiger partial charge in [0.1, 0.15) is 11.2 Å². The monoisotopic (exact) mass is 471 g/mol. The average Bonchev–Trinajstić information content (AvgIpc) is 3.15. The van der Waals surface area contributed by atoms with E-state index in [0.29, 0.717) is 18.7 Å². The average molecular weight is 472 g/mol. The number of pyridine rings is 1. The molecular weight excluding hydrogens is 442 g/mol. The third-order valence-electron chi connectivity index (χ3n) is 5.41. The van der Waals surface area contributed by atoms with Crippen molar-refractivity contribution in [1.29, 1.82) is 0 Å². The fourth-order valence-corrected chi connectivity index (χ4v) is 4.49. The summed E-state index contributed by atoms with van der Waals surface area (Å²) in [5, 5.41) is 8.80. The van der Waals surface area contributed by atoms with Crippen molar-refractivity contribution in [3.05, 3.63) is 48.8 Å². The number of sulfonamides is 1. The van der Waals surface area contributed by atoms with Crippen molar-refractivity contribution in [1.82, 2.24) is 14.3 Å². The number of benzene rings is 1. The first-order valence-corrected chi connectivity index (χ1v) is 12.4. The number of nitrogens with two attached hydrogens (primary N) is 1. The standard InChI is InChI=1S/C23H29N5O4S/c1-23(2,3)32-22(29)27-11-5-7-17(14-27)26-18-9-10-21-25-13-20(28(21)15-18)16-6-4-8-19(12-16)33(24,30)31/h4,6,8-10,12-13,15,17,26H,5,7,11,14H2,1-3H3,(H2,24,30,31)/t17-/m1/s1. The Kier molecular flexibility index (Phi) is 6.06. The van der Waals surface area contributed by atoms with Gasteiger partial charge in [0.05, 0.1) is 22.5 Å². The number of hydrogen-bond acceptors (Lipinski definition) is 6. The van der Waals surface area contributed by atoms with Crippen molar-refractivity contribution < 1.29 is 17.9 Å². The number of hydrogen-bond donors (Lipinski definition) is 2. The number of piperidine rings is 1. The maximum absolute atomic E-state index is 12.5. The lowest BCUT2D eigenvalue weighted by Crippen LogP contribution is -2.47. The summed E-state index contributed by atoms with van der Waals surface area (Å²) in [5.74, 6) is 0. The second kappa shape index (κ2) is 8.68. The summed E-state index contributed by atoms with van der Waals surface area (Å²) in [5.41, 5.74) is 2.52. The molecule has 0 saturated carbocycles. The number of likely N-dealkylation sites (tertiary alicyclic amines) is 1. The first-order chi connectivity index (χ1) is 15.5. The highest BCUT2D eigenvalue weighted by Crippen LogP contribution is 2.25. The molecule has 0 unspecified atom stereocenters. The van der Waals surface area contributed by atoms with Gasteiger partial charge in [-0.1, -0.05) is 12.1 Å². The molecule has 0 bridgehead atoms. The van der Waals surface area contributed by atoms with E-state index >= 15 is 0 Å². The number of carbonyl (C=O) groups excluding carboxylic acids is 1. The Labute approximate surface area is 193 Å². The maximum Gasteiger partial charge on any atom is 0.410 e. The van der Waals surface area contributed by atoms with Gasteiger partial charge in [-0.05, 0) is 57.9 Å². The molecule has 1 amide bonds. The van der Waals surface area contributed by atoms with Crippen LogP contribution in [0.15, 0.2) is 53.7 Å². The molecule has 9 nitrogen and oxygen atoms in total. The van der Waals surface area contributed by atoms with Gasteiger partial charge in [-0.25, -0.2) is 23.3 Å². The molecular formula is C23H29N5O4S. The SMILES string of the molecule is CC(C)(C)OC(=O)N1CCC[C@@H](Nc2ccc3ncc(-c4cccc(S(N)(=O)=O)c4)n3c2)C1. The smallest absolute Gasteiger partial charge is 0.410 e. The van der Waals surface area contributed by atoms with Crippen LogP contribution in [0.2, 0.25) is 0 Å². The molecule has 10 heteroatoms. The number of ether oxygens (including phenoxy) is 1. The van der Waals surface area contributed by atoms with E-state index in [1.807, 2.05) is 49.6 Å². The lowest BCUT2D eigenvalue weighted by molar-refractivity contribution is 0.0206. The number of fused-ring (bicyclic) bond motifs is 1. The summed E-state index contributed by atoms with van der Waals surface area (Å²) >= 11 is 0.